The van der Waals surface area contributed by atoms with Crippen LogP contribution in [0.2, 0.25) is 0 Å². The summed E-state index contributed by atoms with van der Waals surface area (Å²) < 4.78 is 0. The molecule has 3 aromatic rings. The quantitative estimate of drug-likeness (QED) is 0.679. The number of hydrogen-bond acceptors (Lipinski definition) is 3. The molecule has 4 rings (SSSR count). The van der Waals surface area contributed by atoms with Gasteiger partial charge < -0.3 is 4.90 Å². The first-order valence-electron chi connectivity index (χ1n) is 8.85. The first-order valence-corrected chi connectivity index (χ1v) is 8.85. The smallest absolute Gasteiger partial charge is 0.0895 e. The molecule has 3 heteroatoms. The van der Waals surface area contributed by atoms with E-state index < -0.39 is 0 Å². The number of aryl methyl sites for hydroxylation is 1. The van der Waals surface area contributed by atoms with Gasteiger partial charge in [0.2, 0.25) is 0 Å². The predicted molar refractivity (Wildman–Crippen MR) is 109 cm³/mol. The van der Waals surface area contributed by atoms with E-state index in [1.165, 1.54) is 11.3 Å². The first kappa shape index (κ1) is 16.3. The Balaban J connectivity index is 1.75. The summed E-state index contributed by atoms with van der Waals surface area (Å²) in [6.45, 7) is 3.57. The molecule has 0 aromatic heterocycles. The summed E-state index contributed by atoms with van der Waals surface area (Å²) in [4.78, 5) is 2.34. The van der Waals surface area contributed by atoms with Gasteiger partial charge in [-0.3, -0.25) is 0 Å². The van der Waals surface area contributed by atoms with Crippen LogP contribution in [-0.2, 0) is 0 Å². The second kappa shape index (κ2) is 7.36. The minimum absolute atomic E-state index is 0.729. The van der Waals surface area contributed by atoms with Gasteiger partial charge in [0.25, 0.3) is 0 Å². The molecule has 0 spiro atoms. The average Bonchev–Trinajstić information content (AvgIpc) is 2.93. The van der Waals surface area contributed by atoms with Gasteiger partial charge in [0.05, 0.1) is 24.5 Å². The van der Waals surface area contributed by atoms with Crippen LogP contribution in [-0.4, -0.2) is 24.5 Å². The summed E-state index contributed by atoms with van der Waals surface area (Å²) in [5.74, 6) is 0. The van der Waals surface area contributed by atoms with Crippen molar-refractivity contribution in [1.82, 2.24) is 0 Å². The fourth-order valence-corrected chi connectivity index (χ4v) is 3.10. The molecule has 0 atom stereocenters. The zero-order valence-electron chi connectivity index (χ0n) is 14.8. The van der Waals surface area contributed by atoms with Crippen LogP contribution in [0.1, 0.15) is 16.7 Å². The molecule has 0 amide bonds. The molecular weight excluding hydrogens is 318 g/mol. The topological polar surface area (TPSA) is 28.0 Å². The van der Waals surface area contributed by atoms with Crippen LogP contribution in [0.15, 0.2) is 95.1 Å². The number of hydrogen-bond donors (Lipinski definition) is 0. The van der Waals surface area contributed by atoms with Gasteiger partial charge in [-0.25, -0.2) is 0 Å². The third-order valence-electron chi connectivity index (χ3n) is 4.59. The van der Waals surface area contributed by atoms with E-state index in [0.717, 1.165) is 35.6 Å². The van der Waals surface area contributed by atoms with Crippen LogP contribution in [0.25, 0.3) is 0 Å². The second-order valence-corrected chi connectivity index (χ2v) is 6.52. The van der Waals surface area contributed by atoms with Crippen molar-refractivity contribution in [1.29, 1.82) is 0 Å². The molecule has 0 bridgehead atoms. The molecule has 0 saturated heterocycles. The van der Waals surface area contributed by atoms with Gasteiger partial charge in [0, 0.05) is 5.69 Å². The molecular formula is C23H21N3. The van der Waals surface area contributed by atoms with E-state index in [-0.39, 0.29) is 0 Å². The van der Waals surface area contributed by atoms with Crippen LogP contribution in [0.4, 0.5) is 5.69 Å². The van der Waals surface area contributed by atoms with Gasteiger partial charge >= 0.3 is 0 Å². The maximum absolute atomic E-state index is 4.61. The minimum atomic E-state index is 0.729. The van der Waals surface area contributed by atoms with E-state index in [1.54, 1.807) is 0 Å². The Morgan fingerprint density at radius 2 is 1.08 bits per heavy atom. The Morgan fingerprint density at radius 3 is 1.54 bits per heavy atom. The van der Waals surface area contributed by atoms with Crippen molar-refractivity contribution in [3.63, 3.8) is 0 Å². The lowest BCUT2D eigenvalue weighted by atomic mass is 10.1. The van der Waals surface area contributed by atoms with E-state index in [9.17, 15) is 0 Å². The molecule has 1 aliphatic rings. The van der Waals surface area contributed by atoms with Crippen LogP contribution < -0.4 is 4.90 Å². The van der Waals surface area contributed by atoms with Gasteiger partial charge in [-0.2, -0.15) is 10.2 Å². The van der Waals surface area contributed by atoms with Gasteiger partial charge in [-0.05, 0) is 30.2 Å². The van der Waals surface area contributed by atoms with E-state index in [1.807, 2.05) is 36.4 Å². The van der Waals surface area contributed by atoms with Crippen molar-refractivity contribution in [3.8, 4) is 0 Å². The molecule has 0 N–H and O–H groups in total. The molecule has 0 aliphatic carbocycles. The Bertz CT molecular complexity index is 869. The molecule has 0 fully saturated rings. The highest BCUT2D eigenvalue weighted by atomic mass is 15.3. The highest BCUT2D eigenvalue weighted by molar-refractivity contribution is 6.09. The average molecular weight is 339 g/mol. The van der Waals surface area contributed by atoms with Crippen molar-refractivity contribution < 1.29 is 0 Å². The zero-order valence-corrected chi connectivity index (χ0v) is 14.8. The summed E-state index contributed by atoms with van der Waals surface area (Å²) in [5.41, 5.74) is 6.64. The lowest BCUT2D eigenvalue weighted by Gasteiger charge is -2.24. The standard InChI is InChI=1S/C23H21N3/c1-18-12-14-21(15-13-18)26-16-22(19-8-4-2-5-9-19)24-25-23(17-26)20-10-6-3-7-11-20/h2-15H,16-17H2,1H3. The fraction of sp³-hybridized carbons (Fsp3) is 0.130. The maximum Gasteiger partial charge on any atom is 0.0895 e. The van der Waals surface area contributed by atoms with E-state index in [4.69, 9.17) is 0 Å². The third-order valence-corrected chi connectivity index (χ3v) is 4.59. The van der Waals surface area contributed by atoms with Crippen molar-refractivity contribution in [3.05, 3.63) is 102 Å². The fourth-order valence-electron chi connectivity index (χ4n) is 3.10. The Kier molecular flexibility index (Phi) is 4.61. The highest BCUT2D eigenvalue weighted by Crippen LogP contribution is 2.19. The summed E-state index contributed by atoms with van der Waals surface area (Å²) in [7, 11) is 0. The van der Waals surface area contributed by atoms with Crippen molar-refractivity contribution in [2.24, 2.45) is 10.2 Å². The van der Waals surface area contributed by atoms with Gasteiger partial charge in [0.15, 0.2) is 0 Å². The molecule has 3 nitrogen and oxygen atoms in total. The number of anilines is 1. The van der Waals surface area contributed by atoms with Gasteiger partial charge in [0.1, 0.15) is 0 Å². The largest absolute Gasteiger partial charge is 0.360 e. The zero-order chi connectivity index (χ0) is 17.8. The van der Waals surface area contributed by atoms with Crippen molar-refractivity contribution >= 4 is 17.1 Å². The summed E-state index contributed by atoms with van der Waals surface area (Å²) in [5, 5.41) is 9.22. The molecule has 1 aliphatic heterocycles. The van der Waals surface area contributed by atoms with Crippen LogP contribution >= 0.6 is 0 Å². The second-order valence-electron chi connectivity index (χ2n) is 6.52. The van der Waals surface area contributed by atoms with E-state index >= 15 is 0 Å². The van der Waals surface area contributed by atoms with Crippen molar-refractivity contribution in [2.45, 2.75) is 6.92 Å². The van der Waals surface area contributed by atoms with Crippen LogP contribution in [0.3, 0.4) is 0 Å². The van der Waals surface area contributed by atoms with Gasteiger partial charge in [-0.15, -0.1) is 0 Å². The molecule has 3 aromatic carbocycles. The number of benzene rings is 3. The summed E-state index contributed by atoms with van der Waals surface area (Å²) in [6.07, 6.45) is 0. The lowest BCUT2D eigenvalue weighted by Crippen LogP contribution is -2.33. The maximum atomic E-state index is 4.61. The SMILES string of the molecule is Cc1ccc(N2CC(c3ccccc3)=NN=C(c3ccccc3)C2)cc1. The number of rotatable bonds is 3. The molecule has 0 radical (unpaired) electrons. The normalized spacial score (nSPS) is 14.4. The van der Waals surface area contributed by atoms with Crippen molar-refractivity contribution in [2.75, 3.05) is 18.0 Å². The third kappa shape index (κ3) is 3.57. The molecule has 26 heavy (non-hydrogen) atoms. The lowest BCUT2D eigenvalue weighted by molar-refractivity contribution is 1.01. The van der Waals surface area contributed by atoms with E-state index in [2.05, 4.69) is 70.6 Å². The minimum Gasteiger partial charge on any atom is -0.360 e. The van der Waals surface area contributed by atoms with E-state index in [0.29, 0.717) is 0 Å². The monoisotopic (exact) mass is 339 g/mol. The van der Waals surface area contributed by atoms with Crippen LogP contribution in [0, 0.1) is 6.92 Å². The van der Waals surface area contributed by atoms with Gasteiger partial charge in [-0.1, -0.05) is 78.4 Å². The predicted octanol–water partition coefficient (Wildman–Crippen LogP) is 4.71. The molecule has 0 saturated carbocycles. The Hall–Kier alpha value is -3.20. The molecule has 128 valence electrons. The summed E-state index contributed by atoms with van der Waals surface area (Å²) >= 11 is 0. The Morgan fingerprint density at radius 1 is 0.615 bits per heavy atom. The molecule has 1 heterocycles. The summed E-state index contributed by atoms with van der Waals surface area (Å²) in [6, 6.07) is 29.2. The number of nitrogens with zero attached hydrogens (tertiary/aromatic N) is 3. The Labute approximate surface area is 154 Å². The first-order chi connectivity index (χ1) is 12.8. The highest BCUT2D eigenvalue weighted by Gasteiger charge is 2.18. The van der Waals surface area contributed by atoms with Crippen LogP contribution in [0.5, 0.6) is 0 Å². The molecule has 0 unspecified atom stereocenters.